The molecule has 4 nitrogen and oxygen atoms in total. The molecule has 3 aromatic carbocycles. The van der Waals surface area contributed by atoms with E-state index in [2.05, 4.69) is 12.1 Å². The molecule has 0 aliphatic carbocycles. The van der Waals surface area contributed by atoms with Crippen LogP contribution in [-0.2, 0) is 6.54 Å². The van der Waals surface area contributed by atoms with Crippen LogP contribution in [0.4, 0.5) is 0 Å². The Bertz CT molecular complexity index is 1020. The first kappa shape index (κ1) is 16.0. The highest BCUT2D eigenvalue weighted by molar-refractivity contribution is 5.70. The van der Waals surface area contributed by atoms with Gasteiger partial charge < -0.3 is 10.2 Å². The lowest BCUT2D eigenvalue weighted by Crippen LogP contribution is -2.03. The van der Waals surface area contributed by atoms with Gasteiger partial charge in [0.05, 0.1) is 17.9 Å². The zero-order valence-corrected chi connectivity index (χ0v) is 14.1. The summed E-state index contributed by atoms with van der Waals surface area (Å²) in [6, 6.07) is 26.9. The van der Waals surface area contributed by atoms with Gasteiger partial charge >= 0.3 is 0 Å². The lowest BCUT2D eigenvalue weighted by molar-refractivity contribution is 0.404. The summed E-state index contributed by atoms with van der Waals surface area (Å²) in [5.74, 6) is -0.276. The molecule has 0 saturated carbocycles. The Kier molecular flexibility index (Phi) is 4.15. The monoisotopic (exact) mass is 342 g/mol. The molecule has 0 unspecified atom stereocenters. The maximum atomic E-state index is 9.89. The van der Waals surface area contributed by atoms with Crippen molar-refractivity contribution in [2.24, 2.45) is 0 Å². The summed E-state index contributed by atoms with van der Waals surface area (Å²) in [4.78, 5) is 0. The third-order valence-electron chi connectivity index (χ3n) is 4.30. The smallest absolute Gasteiger partial charge is 0.158 e. The highest BCUT2D eigenvalue weighted by atomic mass is 16.3. The van der Waals surface area contributed by atoms with E-state index in [0.717, 1.165) is 28.1 Å². The van der Waals surface area contributed by atoms with E-state index in [1.54, 1.807) is 12.1 Å². The second-order valence-corrected chi connectivity index (χ2v) is 6.13. The van der Waals surface area contributed by atoms with E-state index in [1.807, 2.05) is 59.3 Å². The molecule has 0 radical (unpaired) electrons. The molecule has 0 aliphatic heterocycles. The quantitative estimate of drug-likeness (QED) is 0.530. The first-order valence-corrected chi connectivity index (χ1v) is 8.40. The molecule has 0 bridgehead atoms. The molecule has 0 aliphatic rings. The maximum Gasteiger partial charge on any atom is 0.158 e. The zero-order chi connectivity index (χ0) is 17.9. The predicted octanol–water partition coefficient (Wildman–Crippen LogP) is 4.68. The van der Waals surface area contributed by atoms with Crippen LogP contribution in [0.25, 0.3) is 22.5 Å². The number of rotatable bonds is 4. The Morgan fingerprint density at radius 1 is 0.692 bits per heavy atom. The Hall–Kier alpha value is -3.53. The summed E-state index contributed by atoms with van der Waals surface area (Å²) in [7, 11) is 0. The van der Waals surface area contributed by atoms with E-state index in [0.29, 0.717) is 6.54 Å². The van der Waals surface area contributed by atoms with E-state index in [-0.39, 0.29) is 11.5 Å². The van der Waals surface area contributed by atoms with Gasteiger partial charge in [-0.2, -0.15) is 5.10 Å². The summed E-state index contributed by atoms with van der Waals surface area (Å²) in [5, 5.41) is 24.3. The van der Waals surface area contributed by atoms with Crippen molar-refractivity contribution in [1.82, 2.24) is 9.78 Å². The van der Waals surface area contributed by atoms with Crippen LogP contribution in [0.1, 0.15) is 5.56 Å². The van der Waals surface area contributed by atoms with Gasteiger partial charge in [-0.1, -0.05) is 60.7 Å². The summed E-state index contributed by atoms with van der Waals surface area (Å²) in [6.07, 6.45) is 0. The Morgan fingerprint density at radius 2 is 1.38 bits per heavy atom. The molecule has 4 aromatic rings. The van der Waals surface area contributed by atoms with Gasteiger partial charge in [-0.15, -0.1) is 0 Å². The Labute approximate surface area is 151 Å². The van der Waals surface area contributed by atoms with Crippen molar-refractivity contribution in [1.29, 1.82) is 0 Å². The van der Waals surface area contributed by atoms with E-state index >= 15 is 0 Å². The van der Waals surface area contributed by atoms with Crippen molar-refractivity contribution in [2.45, 2.75) is 6.54 Å². The molecule has 4 rings (SSSR count). The molecule has 0 saturated heterocycles. The van der Waals surface area contributed by atoms with Gasteiger partial charge in [0, 0.05) is 11.1 Å². The molecule has 1 aromatic heterocycles. The molecule has 4 heteroatoms. The van der Waals surface area contributed by atoms with Crippen molar-refractivity contribution in [3.8, 4) is 34.0 Å². The van der Waals surface area contributed by atoms with Crippen molar-refractivity contribution >= 4 is 0 Å². The summed E-state index contributed by atoms with van der Waals surface area (Å²) >= 11 is 0. The zero-order valence-electron chi connectivity index (χ0n) is 14.1. The average Bonchev–Trinajstić information content (AvgIpc) is 3.09. The first-order chi connectivity index (χ1) is 12.7. The van der Waals surface area contributed by atoms with Crippen molar-refractivity contribution in [3.63, 3.8) is 0 Å². The van der Waals surface area contributed by atoms with Crippen LogP contribution in [-0.4, -0.2) is 20.0 Å². The Balaban J connectivity index is 1.82. The fraction of sp³-hybridized carbons (Fsp3) is 0.0455. The maximum absolute atomic E-state index is 9.89. The van der Waals surface area contributed by atoms with E-state index in [4.69, 9.17) is 5.10 Å². The molecule has 0 amide bonds. The minimum atomic E-state index is -0.142. The molecule has 0 fully saturated rings. The molecular formula is C22H18N2O2. The number of hydrogen-bond donors (Lipinski definition) is 2. The van der Waals surface area contributed by atoms with Gasteiger partial charge in [0.25, 0.3) is 0 Å². The first-order valence-electron chi connectivity index (χ1n) is 8.40. The molecular weight excluding hydrogens is 324 g/mol. The minimum Gasteiger partial charge on any atom is -0.504 e. The van der Waals surface area contributed by atoms with Crippen molar-refractivity contribution in [3.05, 3.63) is 90.5 Å². The summed E-state index contributed by atoms with van der Waals surface area (Å²) < 4.78 is 1.92. The number of phenolic OH excluding ortho intramolecular Hbond substituents is 2. The van der Waals surface area contributed by atoms with E-state index < -0.39 is 0 Å². The Morgan fingerprint density at radius 3 is 2.08 bits per heavy atom. The second-order valence-electron chi connectivity index (χ2n) is 6.13. The SMILES string of the molecule is Oc1ccc(-c2cc(-c3ccccc3)nn2Cc2ccccc2)cc1O. The number of nitrogens with zero attached hydrogens (tertiary/aromatic N) is 2. The molecule has 1 heterocycles. The fourth-order valence-corrected chi connectivity index (χ4v) is 2.96. The predicted molar refractivity (Wildman–Crippen MR) is 102 cm³/mol. The van der Waals surface area contributed by atoms with Gasteiger partial charge in [0.15, 0.2) is 11.5 Å². The third-order valence-corrected chi connectivity index (χ3v) is 4.30. The highest BCUT2D eigenvalue weighted by Crippen LogP contribution is 2.32. The van der Waals surface area contributed by atoms with Gasteiger partial charge in [-0.05, 0) is 29.8 Å². The van der Waals surface area contributed by atoms with Gasteiger partial charge in [0.2, 0.25) is 0 Å². The average molecular weight is 342 g/mol. The van der Waals surface area contributed by atoms with Crippen LogP contribution in [0, 0.1) is 0 Å². The van der Waals surface area contributed by atoms with E-state index in [1.165, 1.54) is 6.07 Å². The van der Waals surface area contributed by atoms with Gasteiger partial charge in [0.1, 0.15) is 0 Å². The molecule has 0 atom stereocenters. The van der Waals surface area contributed by atoms with Crippen LogP contribution >= 0.6 is 0 Å². The lowest BCUT2D eigenvalue weighted by atomic mass is 10.1. The van der Waals surface area contributed by atoms with Crippen LogP contribution in [0.5, 0.6) is 11.5 Å². The molecule has 0 spiro atoms. The van der Waals surface area contributed by atoms with Crippen molar-refractivity contribution < 1.29 is 10.2 Å². The van der Waals surface area contributed by atoms with E-state index in [9.17, 15) is 10.2 Å². The highest BCUT2D eigenvalue weighted by Gasteiger charge is 2.13. The number of phenols is 2. The summed E-state index contributed by atoms with van der Waals surface area (Å²) in [6.45, 7) is 0.616. The molecule has 2 N–H and O–H groups in total. The number of aromatic nitrogens is 2. The number of hydrogen-bond acceptors (Lipinski definition) is 3. The summed E-state index contributed by atoms with van der Waals surface area (Å²) in [5.41, 5.74) is 4.71. The fourth-order valence-electron chi connectivity index (χ4n) is 2.96. The second kappa shape index (κ2) is 6.76. The molecule has 128 valence electrons. The van der Waals surface area contributed by atoms with Crippen LogP contribution in [0.3, 0.4) is 0 Å². The third kappa shape index (κ3) is 3.17. The molecule has 26 heavy (non-hydrogen) atoms. The van der Waals surface area contributed by atoms with Crippen LogP contribution < -0.4 is 0 Å². The standard InChI is InChI=1S/C22H18N2O2/c25-21-12-11-18(13-22(21)26)20-14-19(17-9-5-2-6-10-17)23-24(20)15-16-7-3-1-4-8-16/h1-14,25-26H,15H2. The topological polar surface area (TPSA) is 58.3 Å². The van der Waals surface area contributed by atoms with Crippen LogP contribution in [0.2, 0.25) is 0 Å². The van der Waals surface area contributed by atoms with Gasteiger partial charge in [-0.25, -0.2) is 0 Å². The van der Waals surface area contributed by atoms with Crippen molar-refractivity contribution in [2.75, 3.05) is 0 Å². The van der Waals surface area contributed by atoms with Gasteiger partial charge in [-0.3, -0.25) is 4.68 Å². The number of benzene rings is 3. The van der Waals surface area contributed by atoms with Crippen LogP contribution in [0.15, 0.2) is 84.9 Å². The number of aromatic hydroxyl groups is 2. The normalized spacial score (nSPS) is 10.8. The minimum absolute atomic E-state index is 0.133. The largest absolute Gasteiger partial charge is 0.504 e. The lowest BCUT2D eigenvalue weighted by Gasteiger charge is -2.08.